The number of aryl methyl sites for hydroxylation is 1. The van der Waals surface area contributed by atoms with Crippen molar-refractivity contribution in [2.24, 2.45) is 5.10 Å². The van der Waals surface area contributed by atoms with E-state index in [1.807, 2.05) is 72.5 Å². The van der Waals surface area contributed by atoms with Gasteiger partial charge in [0.25, 0.3) is 0 Å². The van der Waals surface area contributed by atoms with Crippen LogP contribution in [0.5, 0.6) is 0 Å². The van der Waals surface area contributed by atoms with Gasteiger partial charge in [0, 0.05) is 11.3 Å². The zero-order valence-corrected chi connectivity index (χ0v) is 16.6. The Bertz CT molecular complexity index is 1170. The fourth-order valence-electron chi connectivity index (χ4n) is 3.16. The molecule has 0 saturated heterocycles. The molecule has 0 aliphatic heterocycles. The van der Waals surface area contributed by atoms with E-state index in [0.717, 1.165) is 34.8 Å². The van der Waals surface area contributed by atoms with E-state index in [1.54, 1.807) is 4.68 Å². The van der Waals surface area contributed by atoms with E-state index >= 15 is 0 Å². The van der Waals surface area contributed by atoms with E-state index in [0.29, 0.717) is 4.77 Å². The van der Waals surface area contributed by atoms with E-state index < -0.39 is 0 Å². The molecule has 0 unspecified atom stereocenters. The van der Waals surface area contributed by atoms with Crippen LogP contribution in [0.3, 0.4) is 0 Å². The molecular formula is C22H21N5S. The first-order chi connectivity index (χ1) is 13.6. The Labute approximate surface area is 169 Å². The molecule has 0 bridgehead atoms. The molecule has 0 aliphatic rings. The minimum absolute atomic E-state index is 0.557. The third-order valence-corrected chi connectivity index (χ3v) is 5.00. The molecule has 2 heterocycles. The highest BCUT2D eigenvalue weighted by atomic mass is 32.1. The van der Waals surface area contributed by atoms with Crippen LogP contribution in [0, 0.1) is 18.6 Å². The Morgan fingerprint density at radius 3 is 2.43 bits per heavy atom. The smallest absolute Gasteiger partial charge is 0.198 e. The lowest BCUT2D eigenvalue weighted by Crippen LogP contribution is -2.04. The molecule has 0 fully saturated rings. The van der Waals surface area contributed by atoms with Crippen LogP contribution in [0.15, 0.2) is 72.0 Å². The summed E-state index contributed by atoms with van der Waals surface area (Å²) in [7, 11) is 0. The SMILES string of the molecule is Cc1nn(Cc2ccccc2)c(C)c1/C=N/n1cc(-c2ccccc2)[nH]c1=S. The molecule has 0 aliphatic carbocycles. The normalized spacial score (nSPS) is 11.4. The first kappa shape index (κ1) is 18.1. The fraction of sp³-hybridized carbons (Fsp3) is 0.136. The molecule has 28 heavy (non-hydrogen) atoms. The first-order valence-electron chi connectivity index (χ1n) is 9.11. The molecule has 0 saturated carbocycles. The summed E-state index contributed by atoms with van der Waals surface area (Å²) in [6.07, 6.45) is 3.74. The average molecular weight is 388 g/mol. The van der Waals surface area contributed by atoms with Gasteiger partial charge in [-0.05, 0) is 37.2 Å². The summed E-state index contributed by atoms with van der Waals surface area (Å²) in [5.41, 5.74) is 6.27. The highest BCUT2D eigenvalue weighted by Crippen LogP contribution is 2.17. The van der Waals surface area contributed by atoms with Crippen molar-refractivity contribution >= 4 is 18.4 Å². The van der Waals surface area contributed by atoms with Crippen LogP contribution < -0.4 is 0 Å². The standard InChI is InChI=1S/C22H21N5S/c1-16-20(17(2)26(25-16)14-18-9-5-3-6-10-18)13-23-27-15-21(24-22(27)28)19-11-7-4-8-12-19/h3-13,15H,14H2,1-2H3,(H,24,28)/b23-13+. The van der Waals surface area contributed by atoms with Crippen molar-refractivity contribution in [1.29, 1.82) is 0 Å². The van der Waals surface area contributed by atoms with Crippen molar-refractivity contribution in [2.45, 2.75) is 20.4 Å². The van der Waals surface area contributed by atoms with Crippen molar-refractivity contribution in [3.63, 3.8) is 0 Å². The van der Waals surface area contributed by atoms with Crippen LogP contribution in [-0.4, -0.2) is 25.7 Å². The van der Waals surface area contributed by atoms with Gasteiger partial charge in [-0.2, -0.15) is 10.2 Å². The Morgan fingerprint density at radius 2 is 1.71 bits per heavy atom. The summed E-state index contributed by atoms with van der Waals surface area (Å²) in [5, 5.41) is 9.24. The van der Waals surface area contributed by atoms with Gasteiger partial charge in [0.1, 0.15) is 0 Å². The van der Waals surface area contributed by atoms with Gasteiger partial charge in [0.05, 0.1) is 30.3 Å². The third-order valence-electron chi connectivity index (χ3n) is 4.71. The second kappa shape index (κ2) is 7.78. The lowest BCUT2D eigenvalue weighted by atomic mass is 10.2. The Morgan fingerprint density at radius 1 is 1.04 bits per heavy atom. The number of benzene rings is 2. The summed E-state index contributed by atoms with van der Waals surface area (Å²) in [6, 6.07) is 20.4. The van der Waals surface area contributed by atoms with Crippen LogP contribution in [0.1, 0.15) is 22.5 Å². The highest BCUT2D eigenvalue weighted by Gasteiger charge is 2.10. The van der Waals surface area contributed by atoms with Crippen molar-refractivity contribution in [3.05, 3.63) is 94.1 Å². The zero-order valence-electron chi connectivity index (χ0n) is 15.8. The van der Waals surface area contributed by atoms with Crippen LogP contribution in [0.25, 0.3) is 11.3 Å². The molecular weight excluding hydrogens is 366 g/mol. The Balaban J connectivity index is 1.60. The lowest BCUT2D eigenvalue weighted by molar-refractivity contribution is 0.659. The van der Waals surface area contributed by atoms with E-state index in [1.165, 1.54) is 5.56 Å². The van der Waals surface area contributed by atoms with Gasteiger partial charge in [-0.3, -0.25) is 4.68 Å². The molecule has 6 heteroatoms. The summed E-state index contributed by atoms with van der Waals surface area (Å²) >= 11 is 5.42. The number of imidazole rings is 1. The molecule has 1 N–H and O–H groups in total. The number of H-pyrrole nitrogens is 1. The zero-order chi connectivity index (χ0) is 19.5. The highest BCUT2D eigenvalue weighted by molar-refractivity contribution is 7.71. The van der Waals surface area contributed by atoms with Crippen molar-refractivity contribution in [1.82, 2.24) is 19.4 Å². The van der Waals surface area contributed by atoms with Crippen molar-refractivity contribution in [2.75, 3.05) is 0 Å². The van der Waals surface area contributed by atoms with E-state index in [9.17, 15) is 0 Å². The quantitative estimate of drug-likeness (QED) is 0.389. The average Bonchev–Trinajstić information content (AvgIpc) is 3.21. The minimum Gasteiger partial charge on any atom is -0.329 e. The van der Waals surface area contributed by atoms with Gasteiger partial charge in [-0.1, -0.05) is 60.7 Å². The monoisotopic (exact) mass is 387 g/mol. The van der Waals surface area contributed by atoms with E-state index in [2.05, 4.69) is 34.2 Å². The predicted molar refractivity (Wildman–Crippen MR) is 115 cm³/mol. The Kier molecular flexibility index (Phi) is 5.04. The molecule has 2 aromatic carbocycles. The maximum Gasteiger partial charge on any atom is 0.198 e. The second-order valence-corrected chi connectivity index (χ2v) is 7.04. The fourth-order valence-corrected chi connectivity index (χ4v) is 3.37. The minimum atomic E-state index is 0.557. The van der Waals surface area contributed by atoms with Crippen LogP contribution in [0.4, 0.5) is 0 Å². The number of rotatable bonds is 5. The van der Waals surface area contributed by atoms with Gasteiger partial charge in [0.15, 0.2) is 4.77 Å². The molecule has 140 valence electrons. The number of aromatic nitrogens is 4. The molecule has 4 rings (SSSR count). The van der Waals surface area contributed by atoms with Crippen LogP contribution in [0.2, 0.25) is 0 Å². The molecule has 2 aromatic heterocycles. The van der Waals surface area contributed by atoms with Gasteiger partial charge in [0.2, 0.25) is 0 Å². The molecule has 4 aromatic rings. The number of hydrogen-bond acceptors (Lipinski definition) is 3. The van der Waals surface area contributed by atoms with Crippen LogP contribution >= 0.6 is 12.2 Å². The van der Waals surface area contributed by atoms with E-state index in [4.69, 9.17) is 12.2 Å². The topological polar surface area (TPSA) is 50.9 Å². The maximum absolute atomic E-state index is 5.42. The van der Waals surface area contributed by atoms with Crippen molar-refractivity contribution < 1.29 is 0 Å². The summed E-state index contributed by atoms with van der Waals surface area (Å²) < 4.78 is 4.25. The lowest BCUT2D eigenvalue weighted by Gasteiger charge is -2.04. The van der Waals surface area contributed by atoms with Crippen molar-refractivity contribution in [3.8, 4) is 11.3 Å². The second-order valence-electron chi connectivity index (χ2n) is 6.66. The van der Waals surface area contributed by atoms with Crippen LogP contribution in [-0.2, 0) is 6.54 Å². The molecule has 0 amide bonds. The Hall–Kier alpha value is -3.25. The summed E-state index contributed by atoms with van der Waals surface area (Å²) in [4.78, 5) is 3.21. The van der Waals surface area contributed by atoms with Gasteiger partial charge < -0.3 is 4.98 Å². The number of aromatic amines is 1. The van der Waals surface area contributed by atoms with Gasteiger partial charge in [-0.25, -0.2) is 4.68 Å². The molecule has 5 nitrogen and oxygen atoms in total. The number of nitrogens with zero attached hydrogens (tertiary/aromatic N) is 4. The van der Waals surface area contributed by atoms with E-state index in [-0.39, 0.29) is 0 Å². The predicted octanol–water partition coefficient (Wildman–Crippen LogP) is 4.96. The van der Waals surface area contributed by atoms with Gasteiger partial charge >= 0.3 is 0 Å². The summed E-state index contributed by atoms with van der Waals surface area (Å²) in [5.74, 6) is 0. The maximum atomic E-state index is 5.42. The molecule has 0 spiro atoms. The number of nitrogens with one attached hydrogen (secondary N) is 1. The third kappa shape index (κ3) is 3.73. The molecule has 0 atom stereocenters. The largest absolute Gasteiger partial charge is 0.329 e. The van der Waals surface area contributed by atoms with Gasteiger partial charge in [-0.15, -0.1) is 0 Å². The number of hydrogen-bond donors (Lipinski definition) is 1. The summed E-state index contributed by atoms with van der Waals surface area (Å²) in [6.45, 7) is 4.81. The first-order valence-corrected chi connectivity index (χ1v) is 9.52. The molecule has 0 radical (unpaired) electrons.